The summed E-state index contributed by atoms with van der Waals surface area (Å²) in [5.74, 6) is 0.138. The summed E-state index contributed by atoms with van der Waals surface area (Å²) in [4.78, 5) is 15.1. The van der Waals surface area contributed by atoms with Gasteiger partial charge in [0.25, 0.3) is 10.0 Å². The van der Waals surface area contributed by atoms with Crippen molar-refractivity contribution >= 4 is 21.6 Å². The van der Waals surface area contributed by atoms with E-state index in [0.29, 0.717) is 24.5 Å². The molecule has 0 radical (unpaired) electrons. The monoisotopic (exact) mass is 436 g/mol. The highest BCUT2D eigenvalue weighted by Gasteiger charge is 2.31. The molecule has 160 valence electrons. The SMILES string of the molecule is COc1ccccc1N(CC(=O)N1CCc2ccccc2C1)S(=O)(=O)c1ccccc1. The molecule has 0 aliphatic carbocycles. The van der Waals surface area contributed by atoms with Gasteiger partial charge in [-0.1, -0.05) is 54.6 Å². The lowest BCUT2D eigenvalue weighted by Gasteiger charge is -2.32. The number of anilines is 1. The first-order chi connectivity index (χ1) is 15.0. The molecule has 0 bridgehead atoms. The lowest BCUT2D eigenvalue weighted by Crippen LogP contribution is -2.44. The topological polar surface area (TPSA) is 66.9 Å². The fourth-order valence-corrected chi connectivity index (χ4v) is 5.23. The number of sulfonamides is 1. The van der Waals surface area contributed by atoms with Crippen LogP contribution < -0.4 is 9.04 Å². The van der Waals surface area contributed by atoms with Crippen molar-refractivity contribution < 1.29 is 17.9 Å². The number of nitrogens with zero attached hydrogens (tertiary/aromatic N) is 2. The van der Waals surface area contributed by atoms with E-state index in [0.717, 1.165) is 16.3 Å². The molecule has 1 aliphatic rings. The lowest BCUT2D eigenvalue weighted by molar-refractivity contribution is -0.130. The van der Waals surface area contributed by atoms with E-state index in [9.17, 15) is 13.2 Å². The standard InChI is InChI=1S/C24H24N2O4S/c1-30-23-14-8-7-13-22(23)26(31(28,29)21-11-3-2-4-12-21)18-24(27)25-16-15-19-9-5-6-10-20(19)17-25/h2-14H,15-18H2,1H3. The first-order valence-electron chi connectivity index (χ1n) is 10.1. The zero-order valence-electron chi connectivity index (χ0n) is 17.3. The van der Waals surface area contributed by atoms with Crippen molar-refractivity contribution in [2.45, 2.75) is 17.9 Å². The van der Waals surface area contributed by atoms with Gasteiger partial charge in [0, 0.05) is 13.1 Å². The summed E-state index contributed by atoms with van der Waals surface area (Å²) >= 11 is 0. The average Bonchev–Trinajstić information content (AvgIpc) is 2.82. The maximum Gasteiger partial charge on any atom is 0.264 e. The number of fused-ring (bicyclic) bond motifs is 1. The van der Waals surface area contributed by atoms with Crippen LogP contribution in [-0.2, 0) is 27.8 Å². The predicted octanol–water partition coefficient (Wildman–Crippen LogP) is 3.48. The van der Waals surface area contributed by atoms with Crippen LogP contribution in [0.2, 0.25) is 0 Å². The molecule has 0 spiro atoms. The Morgan fingerprint density at radius 1 is 0.935 bits per heavy atom. The highest BCUT2D eigenvalue weighted by molar-refractivity contribution is 7.92. The van der Waals surface area contributed by atoms with Crippen LogP contribution >= 0.6 is 0 Å². The van der Waals surface area contributed by atoms with Crippen molar-refractivity contribution in [3.63, 3.8) is 0 Å². The molecule has 31 heavy (non-hydrogen) atoms. The molecule has 7 heteroatoms. The Hall–Kier alpha value is -3.32. The summed E-state index contributed by atoms with van der Waals surface area (Å²) in [6.45, 7) is 0.723. The van der Waals surface area contributed by atoms with Crippen molar-refractivity contribution in [2.24, 2.45) is 0 Å². The number of methoxy groups -OCH3 is 1. The Morgan fingerprint density at radius 2 is 1.58 bits per heavy atom. The van der Waals surface area contributed by atoms with Crippen LogP contribution in [-0.4, -0.2) is 39.4 Å². The third-order valence-electron chi connectivity index (χ3n) is 5.45. The Balaban J connectivity index is 1.68. The highest BCUT2D eigenvalue weighted by atomic mass is 32.2. The Kier molecular flexibility index (Phi) is 5.95. The molecular weight excluding hydrogens is 412 g/mol. The number of amides is 1. The molecule has 0 N–H and O–H groups in total. The van der Waals surface area contributed by atoms with Crippen molar-refractivity contribution in [3.05, 3.63) is 90.0 Å². The molecule has 1 aliphatic heterocycles. The number of ether oxygens (including phenoxy) is 1. The summed E-state index contributed by atoms with van der Waals surface area (Å²) in [5, 5.41) is 0. The number of carbonyl (C=O) groups excluding carboxylic acids is 1. The summed E-state index contributed by atoms with van der Waals surface area (Å²) in [7, 11) is -2.49. The van der Waals surface area contributed by atoms with Gasteiger partial charge in [-0.25, -0.2) is 8.42 Å². The number of benzene rings is 3. The average molecular weight is 437 g/mol. The molecule has 0 saturated carbocycles. The minimum Gasteiger partial charge on any atom is -0.495 e. The molecule has 6 nitrogen and oxygen atoms in total. The van der Waals surface area contributed by atoms with Gasteiger partial charge in [0.15, 0.2) is 0 Å². The van der Waals surface area contributed by atoms with Gasteiger partial charge >= 0.3 is 0 Å². The van der Waals surface area contributed by atoms with Gasteiger partial charge in [-0.3, -0.25) is 9.10 Å². The van der Waals surface area contributed by atoms with E-state index in [1.54, 1.807) is 47.4 Å². The van der Waals surface area contributed by atoms with E-state index in [2.05, 4.69) is 6.07 Å². The summed E-state index contributed by atoms with van der Waals surface area (Å²) < 4.78 is 33.6. The smallest absolute Gasteiger partial charge is 0.264 e. The fourth-order valence-electron chi connectivity index (χ4n) is 3.79. The van der Waals surface area contributed by atoms with Crippen LogP contribution in [0.15, 0.2) is 83.8 Å². The third-order valence-corrected chi connectivity index (χ3v) is 7.22. The van der Waals surface area contributed by atoms with Gasteiger partial charge in [0.1, 0.15) is 12.3 Å². The van der Waals surface area contributed by atoms with Crippen molar-refractivity contribution in [3.8, 4) is 5.75 Å². The molecule has 4 rings (SSSR count). The first-order valence-corrected chi connectivity index (χ1v) is 11.5. The third kappa shape index (κ3) is 4.27. The number of carbonyl (C=O) groups is 1. The van der Waals surface area contributed by atoms with Crippen molar-refractivity contribution in [1.29, 1.82) is 0 Å². The van der Waals surface area contributed by atoms with Crippen LogP contribution in [0.3, 0.4) is 0 Å². The van der Waals surface area contributed by atoms with Gasteiger partial charge in [-0.2, -0.15) is 0 Å². The molecule has 0 aromatic heterocycles. The number of hydrogen-bond donors (Lipinski definition) is 0. The molecule has 3 aromatic carbocycles. The van der Waals surface area contributed by atoms with Crippen LogP contribution in [0.4, 0.5) is 5.69 Å². The van der Waals surface area contributed by atoms with E-state index in [-0.39, 0.29) is 17.3 Å². The second-order valence-corrected chi connectivity index (χ2v) is 9.19. The Bertz CT molecular complexity index is 1180. The van der Waals surface area contributed by atoms with E-state index in [1.165, 1.54) is 24.8 Å². The van der Waals surface area contributed by atoms with Gasteiger partial charge < -0.3 is 9.64 Å². The Labute approximate surface area is 182 Å². The van der Waals surface area contributed by atoms with E-state index in [4.69, 9.17) is 4.74 Å². The van der Waals surface area contributed by atoms with Crippen LogP contribution in [0.1, 0.15) is 11.1 Å². The Morgan fingerprint density at radius 3 is 2.32 bits per heavy atom. The van der Waals surface area contributed by atoms with Gasteiger partial charge in [-0.05, 0) is 41.8 Å². The first kappa shape index (κ1) is 20.9. The molecular formula is C24H24N2O4S. The molecule has 0 unspecified atom stereocenters. The molecule has 3 aromatic rings. The lowest BCUT2D eigenvalue weighted by atomic mass is 10.00. The van der Waals surface area contributed by atoms with Crippen molar-refractivity contribution in [2.75, 3.05) is 24.5 Å². The molecule has 1 heterocycles. The minimum absolute atomic E-state index is 0.123. The number of rotatable bonds is 6. The maximum atomic E-state index is 13.5. The summed E-state index contributed by atoms with van der Waals surface area (Å²) in [6, 6.07) is 23.0. The normalized spacial score (nSPS) is 13.4. The number of hydrogen-bond acceptors (Lipinski definition) is 4. The van der Waals surface area contributed by atoms with Gasteiger partial charge in [0.05, 0.1) is 17.7 Å². The zero-order valence-corrected chi connectivity index (χ0v) is 18.1. The summed E-state index contributed by atoms with van der Waals surface area (Å²) in [6.07, 6.45) is 0.752. The quantitative estimate of drug-likeness (QED) is 0.593. The highest BCUT2D eigenvalue weighted by Crippen LogP contribution is 2.32. The minimum atomic E-state index is -3.98. The van der Waals surface area contributed by atoms with E-state index in [1.807, 2.05) is 18.2 Å². The largest absolute Gasteiger partial charge is 0.495 e. The van der Waals surface area contributed by atoms with Gasteiger partial charge in [0.2, 0.25) is 5.91 Å². The second-order valence-electron chi connectivity index (χ2n) is 7.33. The van der Waals surface area contributed by atoms with Crippen molar-refractivity contribution in [1.82, 2.24) is 4.90 Å². The molecule has 0 atom stereocenters. The molecule has 0 saturated heterocycles. The fraction of sp³-hybridized carbons (Fsp3) is 0.208. The molecule has 0 fully saturated rings. The van der Waals surface area contributed by atoms with Crippen LogP contribution in [0, 0.1) is 0 Å². The van der Waals surface area contributed by atoms with Crippen LogP contribution in [0.25, 0.3) is 0 Å². The molecule has 1 amide bonds. The maximum absolute atomic E-state index is 13.5. The predicted molar refractivity (Wildman–Crippen MR) is 120 cm³/mol. The summed E-state index contributed by atoms with van der Waals surface area (Å²) in [5.41, 5.74) is 2.65. The number of para-hydroxylation sites is 2. The van der Waals surface area contributed by atoms with Gasteiger partial charge in [-0.15, -0.1) is 0 Å². The zero-order chi connectivity index (χ0) is 21.8. The van der Waals surface area contributed by atoms with E-state index < -0.39 is 10.0 Å². The van der Waals surface area contributed by atoms with Crippen LogP contribution in [0.5, 0.6) is 5.75 Å². The second kappa shape index (κ2) is 8.81. The van der Waals surface area contributed by atoms with E-state index >= 15 is 0 Å².